The Labute approximate surface area is 126 Å². The van der Waals surface area contributed by atoms with Crippen LogP contribution in [0.15, 0.2) is 54.7 Å². The summed E-state index contributed by atoms with van der Waals surface area (Å²) >= 11 is 5.89. The molecule has 0 atom stereocenters. The summed E-state index contributed by atoms with van der Waals surface area (Å²) in [6.07, 6.45) is 1.97. The van der Waals surface area contributed by atoms with E-state index >= 15 is 0 Å². The van der Waals surface area contributed by atoms with Crippen LogP contribution in [0.4, 0.5) is 0 Å². The van der Waals surface area contributed by atoms with Crippen molar-refractivity contribution < 1.29 is 10.0 Å². The van der Waals surface area contributed by atoms with Crippen LogP contribution < -0.4 is 5.48 Å². The van der Waals surface area contributed by atoms with E-state index in [-0.39, 0.29) is 0 Å². The van der Waals surface area contributed by atoms with Gasteiger partial charge in [-0.25, -0.2) is 5.48 Å². The monoisotopic (exact) mass is 300 g/mol. The zero-order valence-corrected chi connectivity index (χ0v) is 11.8. The van der Waals surface area contributed by atoms with Gasteiger partial charge in [0.2, 0.25) is 0 Å². The average molecular weight is 301 g/mol. The molecule has 0 radical (unpaired) electrons. The van der Waals surface area contributed by atoms with Crippen molar-refractivity contribution in [2.24, 2.45) is 0 Å². The van der Waals surface area contributed by atoms with E-state index in [2.05, 4.69) is 0 Å². The first kappa shape index (κ1) is 13.7. The van der Waals surface area contributed by atoms with Gasteiger partial charge >= 0.3 is 0 Å². The third-order valence-electron chi connectivity index (χ3n) is 3.40. The lowest BCUT2D eigenvalue weighted by Gasteiger charge is -2.07. The van der Waals surface area contributed by atoms with Crippen molar-refractivity contribution in [1.82, 2.24) is 10.0 Å². The molecule has 3 aromatic rings. The average Bonchev–Trinajstić information content (AvgIpc) is 2.91. The number of carbonyl (C=O) groups excluding carboxylic acids is 1. The molecule has 0 unspecified atom stereocenters. The molecule has 2 aromatic carbocycles. The first-order valence-corrected chi connectivity index (χ1v) is 6.83. The fraction of sp³-hybridized carbons (Fsp3) is 0.0625. The molecule has 21 heavy (non-hydrogen) atoms. The molecule has 1 heterocycles. The number of fused-ring (bicyclic) bond motifs is 1. The molecule has 0 aliphatic rings. The second-order valence-corrected chi connectivity index (χ2v) is 5.22. The summed E-state index contributed by atoms with van der Waals surface area (Å²) in [5, 5.41) is 10.5. The van der Waals surface area contributed by atoms with Gasteiger partial charge in [0.1, 0.15) is 0 Å². The Balaban J connectivity index is 1.98. The molecule has 2 N–H and O–H groups in total. The van der Waals surface area contributed by atoms with Crippen LogP contribution in [0.3, 0.4) is 0 Å². The smallest absolute Gasteiger partial charge is 0.274 e. The van der Waals surface area contributed by atoms with E-state index in [4.69, 9.17) is 16.8 Å². The van der Waals surface area contributed by atoms with Crippen molar-refractivity contribution in [2.75, 3.05) is 0 Å². The predicted molar refractivity (Wildman–Crippen MR) is 81.7 cm³/mol. The van der Waals surface area contributed by atoms with Crippen LogP contribution in [0, 0.1) is 0 Å². The van der Waals surface area contributed by atoms with Gasteiger partial charge in [0, 0.05) is 28.8 Å². The summed E-state index contributed by atoms with van der Waals surface area (Å²) in [7, 11) is 0. The number of hydrogen-bond donors (Lipinski definition) is 2. The van der Waals surface area contributed by atoms with Crippen LogP contribution in [0.25, 0.3) is 10.9 Å². The third-order valence-corrected chi connectivity index (χ3v) is 3.66. The highest BCUT2D eigenvalue weighted by molar-refractivity contribution is 6.30. The van der Waals surface area contributed by atoms with Gasteiger partial charge in [0.05, 0.1) is 0 Å². The molecule has 0 spiro atoms. The zero-order chi connectivity index (χ0) is 14.8. The van der Waals surface area contributed by atoms with Crippen LogP contribution in [-0.2, 0) is 6.54 Å². The zero-order valence-electron chi connectivity index (χ0n) is 11.1. The summed E-state index contributed by atoms with van der Waals surface area (Å²) in [4.78, 5) is 11.5. The van der Waals surface area contributed by atoms with Crippen LogP contribution >= 0.6 is 11.6 Å². The number of nitrogens with zero attached hydrogens (tertiary/aromatic N) is 1. The lowest BCUT2D eigenvalue weighted by molar-refractivity contribution is 0.0706. The van der Waals surface area contributed by atoms with E-state index in [9.17, 15) is 4.79 Å². The van der Waals surface area contributed by atoms with Crippen LogP contribution in [0.1, 0.15) is 15.9 Å². The van der Waals surface area contributed by atoms with Crippen LogP contribution in [0.5, 0.6) is 0 Å². The van der Waals surface area contributed by atoms with E-state index in [1.807, 2.05) is 47.2 Å². The number of rotatable bonds is 3. The van der Waals surface area contributed by atoms with Crippen molar-refractivity contribution in [1.29, 1.82) is 0 Å². The van der Waals surface area contributed by atoms with E-state index in [1.54, 1.807) is 17.6 Å². The Kier molecular flexibility index (Phi) is 3.64. The molecular weight excluding hydrogens is 288 g/mol. The minimum Gasteiger partial charge on any atom is -0.343 e. The highest BCUT2D eigenvalue weighted by atomic mass is 35.5. The molecule has 4 nitrogen and oxygen atoms in total. The molecular formula is C16H13ClN2O2. The number of hydroxylamine groups is 1. The fourth-order valence-electron chi connectivity index (χ4n) is 2.31. The van der Waals surface area contributed by atoms with Gasteiger partial charge < -0.3 is 4.57 Å². The van der Waals surface area contributed by atoms with Crippen molar-refractivity contribution in [3.05, 3.63) is 70.9 Å². The number of benzene rings is 2. The lowest BCUT2D eigenvalue weighted by Crippen LogP contribution is -2.18. The number of hydrogen-bond acceptors (Lipinski definition) is 2. The molecule has 0 saturated heterocycles. The molecule has 106 valence electrons. The van der Waals surface area contributed by atoms with Gasteiger partial charge in [-0.3, -0.25) is 10.0 Å². The van der Waals surface area contributed by atoms with Crippen LogP contribution in [0.2, 0.25) is 5.02 Å². The first-order chi connectivity index (χ1) is 10.2. The van der Waals surface area contributed by atoms with Gasteiger partial charge in [-0.1, -0.05) is 29.8 Å². The van der Waals surface area contributed by atoms with E-state index in [1.165, 1.54) is 0 Å². The molecule has 1 aromatic heterocycles. The lowest BCUT2D eigenvalue weighted by atomic mass is 10.1. The number of amides is 1. The number of nitrogens with one attached hydrogen (secondary N) is 1. The minimum absolute atomic E-state index is 0.418. The number of carbonyl (C=O) groups is 1. The number of halogens is 1. The Hall–Kier alpha value is -2.30. The van der Waals surface area contributed by atoms with Crippen molar-refractivity contribution in [2.45, 2.75) is 6.54 Å². The largest absolute Gasteiger partial charge is 0.343 e. The minimum atomic E-state index is -0.517. The molecule has 5 heteroatoms. The SMILES string of the molecule is O=C(NO)c1ccc2ccn(Cc3ccc(Cl)cc3)c2c1. The summed E-state index contributed by atoms with van der Waals surface area (Å²) < 4.78 is 2.05. The third kappa shape index (κ3) is 2.77. The molecule has 0 bridgehead atoms. The topological polar surface area (TPSA) is 54.3 Å². The maximum atomic E-state index is 11.5. The van der Waals surface area contributed by atoms with Gasteiger partial charge in [0.15, 0.2) is 0 Å². The van der Waals surface area contributed by atoms with Crippen molar-refractivity contribution in [3.8, 4) is 0 Å². The van der Waals surface area contributed by atoms with Gasteiger partial charge in [-0.15, -0.1) is 0 Å². The quantitative estimate of drug-likeness (QED) is 0.575. The fourth-order valence-corrected chi connectivity index (χ4v) is 2.44. The molecule has 0 saturated carbocycles. The number of aromatic nitrogens is 1. The summed E-state index contributed by atoms with van der Waals surface area (Å²) in [5.74, 6) is -0.517. The molecule has 0 aliphatic carbocycles. The van der Waals surface area contributed by atoms with Gasteiger partial charge in [-0.2, -0.15) is 0 Å². The second kappa shape index (κ2) is 5.60. The van der Waals surface area contributed by atoms with E-state index < -0.39 is 5.91 Å². The molecule has 1 amide bonds. The molecule has 3 rings (SSSR count). The Morgan fingerprint density at radius 3 is 2.62 bits per heavy atom. The normalized spacial score (nSPS) is 10.8. The van der Waals surface area contributed by atoms with Crippen molar-refractivity contribution >= 4 is 28.4 Å². The second-order valence-electron chi connectivity index (χ2n) is 4.78. The predicted octanol–water partition coefficient (Wildman–Crippen LogP) is 3.46. The molecule has 0 fully saturated rings. The van der Waals surface area contributed by atoms with Gasteiger partial charge in [-0.05, 0) is 41.3 Å². The van der Waals surface area contributed by atoms with Crippen molar-refractivity contribution in [3.63, 3.8) is 0 Å². The highest BCUT2D eigenvalue weighted by Crippen LogP contribution is 2.20. The first-order valence-electron chi connectivity index (χ1n) is 6.45. The highest BCUT2D eigenvalue weighted by Gasteiger charge is 2.08. The van der Waals surface area contributed by atoms with Crippen LogP contribution in [-0.4, -0.2) is 15.7 Å². The maximum Gasteiger partial charge on any atom is 0.274 e. The summed E-state index contributed by atoms with van der Waals surface area (Å²) in [6, 6.07) is 14.9. The summed E-state index contributed by atoms with van der Waals surface area (Å²) in [6.45, 7) is 0.685. The Morgan fingerprint density at radius 1 is 1.14 bits per heavy atom. The standard InChI is InChI=1S/C16H13ClN2O2/c17-14-5-1-11(2-6-14)10-19-8-7-12-3-4-13(9-15(12)19)16(20)18-21/h1-9,21H,10H2,(H,18,20). The Bertz CT molecular complexity index is 794. The maximum absolute atomic E-state index is 11.5. The van der Waals surface area contributed by atoms with E-state index in [0.717, 1.165) is 16.5 Å². The Morgan fingerprint density at radius 2 is 1.90 bits per heavy atom. The molecule has 0 aliphatic heterocycles. The van der Waals surface area contributed by atoms with E-state index in [0.29, 0.717) is 17.1 Å². The van der Waals surface area contributed by atoms with Gasteiger partial charge in [0.25, 0.3) is 5.91 Å². The summed E-state index contributed by atoms with van der Waals surface area (Å²) in [5.41, 5.74) is 4.12.